The number of aliphatic hydroxyl groups is 1. The molecule has 0 saturated carbocycles. The number of benzene rings is 3. The minimum atomic E-state index is -0.916. The number of anilines is 1. The van der Waals surface area contributed by atoms with E-state index in [1.165, 1.54) is 29.2 Å². The lowest BCUT2D eigenvalue weighted by Crippen LogP contribution is -2.29. The van der Waals surface area contributed by atoms with Gasteiger partial charge in [-0.1, -0.05) is 32.0 Å². The van der Waals surface area contributed by atoms with Crippen LogP contribution in [0.5, 0.6) is 5.75 Å². The van der Waals surface area contributed by atoms with E-state index in [-0.39, 0.29) is 17.3 Å². The molecule has 0 aliphatic carbocycles. The third kappa shape index (κ3) is 4.63. The predicted molar refractivity (Wildman–Crippen MR) is 139 cm³/mol. The Morgan fingerprint density at radius 1 is 1.00 bits per heavy atom. The molecule has 1 amide bonds. The minimum absolute atomic E-state index is 0.0374. The highest BCUT2D eigenvalue weighted by molar-refractivity contribution is 6.51. The van der Waals surface area contributed by atoms with Crippen LogP contribution in [0.15, 0.2) is 66.2 Å². The summed E-state index contributed by atoms with van der Waals surface area (Å²) in [6.45, 7) is 10.2. The van der Waals surface area contributed by atoms with Crippen molar-refractivity contribution >= 4 is 23.1 Å². The largest absolute Gasteiger partial charge is 0.507 e. The van der Waals surface area contributed by atoms with E-state index in [4.69, 9.17) is 4.74 Å². The molecule has 4 rings (SSSR count). The van der Waals surface area contributed by atoms with Crippen LogP contribution in [-0.4, -0.2) is 23.4 Å². The molecule has 6 heteroatoms. The van der Waals surface area contributed by atoms with E-state index < -0.39 is 23.5 Å². The molecular formula is C30H30FNO4. The summed E-state index contributed by atoms with van der Waals surface area (Å²) in [5, 5.41) is 11.5. The molecule has 1 aliphatic heterocycles. The molecule has 3 aromatic carbocycles. The van der Waals surface area contributed by atoms with Gasteiger partial charge in [0.05, 0.1) is 18.2 Å². The molecular weight excluding hydrogens is 457 g/mol. The number of halogens is 1. The quantitative estimate of drug-likeness (QED) is 0.242. The van der Waals surface area contributed by atoms with Crippen LogP contribution < -0.4 is 9.64 Å². The minimum Gasteiger partial charge on any atom is -0.507 e. The van der Waals surface area contributed by atoms with E-state index in [9.17, 15) is 19.1 Å². The molecule has 1 aliphatic rings. The summed E-state index contributed by atoms with van der Waals surface area (Å²) >= 11 is 0. The molecule has 1 heterocycles. The average molecular weight is 488 g/mol. The van der Waals surface area contributed by atoms with E-state index in [1.54, 1.807) is 18.2 Å². The lowest BCUT2D eigenvalue weighted by Gasteiger charge is -2.26. The van der Waals surface area contributed by atoms with Gasteiger partial charge in [-0.15, -0.1) is 0 Å². The van der Waals surface area contributed by atoms with Crippen LogP contribution in [0.4, 0.5) is 10.1 Å². The predicted octanol–water partition coefficient (Wildman–Crippen LogP) is 6.59. The molecule has 1 atom stereocenters. The van der Waals surface area contributed by atoms with Crippen LogP contribution in [0, 0.1) is 19.7 Å². The highest BCUT2D eigenvalue weighted by Gasteiger charge is 2.47. The Bertz CT molecular complexity index is 1340. The molecule has 1 fully saturated rings. The lowest BCUT2D eigenvalue weighted by atomic mass is 9.93. The van der Waals surface area contributed by atoms with Crippen LogP contribution in [0.1, 0.15) is 60.5 Å². The fraction of sp³-hybridized carbons (Fsp3) is 0.267. The Balaban J connectivity index is 1.95. The van der Waals surface area contributed by atoms with Gasteiger partial charge in [-0.2, -0.15) is 0 Å². The van der Waals surface area contributed by atoms with Crippen molar-refractivity contribution in [3.63, 3.8) is 0 Å². The van der Waals surface area contributed by atoms with Gasteiger partial charge in [0, 0.05) is 11.3 Å². The first-order valence-electron chi connectivity index (χ1n) is 12.0. The third-order valence-electron chi connectivity index (χ3n) is 6.32. The first kappa shape index (κ1) is 25.2. The van der Waals surface area contributed by atoms with Gasteiger partial charge in [0.15, 0.2) is 0 Å². The molecule has 0 radical (unpaired) electrons. The molecule has 5 nitrogen and oxygen atoms in total. The Labute approximate surface area is 210 Å². The molecule has 3 aromatic rings. The second-order valence-corrected chi connectivity index (χ2v) is 9.41. The van der Waals surface area contributed by atoms with Gasteiger partial charge in [-0.3, -0.25) is 14.5 Å². The number of nitrogens with zero attached hydrogens (tertiary/aromatic N) is 1. The summed E-state index contributed by atoms with van der Waals surface area (Å²) < 4.78 is 19.5. The number of aliphatic hydroxyl groups excluding tert-OH is 1. The summed E-state index contributed by atoms with van der Waals surface area (Å²) in [6.07, 6.45) is 0. The number of carbonyl (C=O) groups is 2. The number of hydrogen-bond donors (Lipinski definition) is 1. The van der Waals surface area contributed by atoms with Gasteiger partial charge in [-0.05, 0) is 91.4 Å². The first-order valence-corrected chi connectivity index (χ1v) is 12.0. The number of amides is 1. The van der Waals surface area contributed by atoms with Crippen molar-refractivity contribution < 1.29 is 23.8 Å². The first-order chi connectivity index (χ1) is 17.1. The number of carbonyl (C=O) groups excluding carboxylic acids is 2. The van der Waals surface area contributed by atoms with Crippen molar-refractivity contribution in [3.8, 4) is 5.75 Å². The van der Waals surface area contributed by atoms with Crippen LogP contribution in [0.25, 0.3) is 5.76 Å². The molecule has 1 saturated heterocycles. The second kappa shape index (κ2) is 9.97. The Hall–Kier alpha value is -3.93. The molecule has 1 N–H and O–H groups in total. The van der Waals surface area contributed by atoms with E-state index >= 15 is 0 Å². The van der Waals surface area contributed by atoms with E-state index in [2.05, 4.69) is 0 Å². The number of hydrogen-bond acceptors (Lipinski definition) is 4. The Morgan fingerprint density at radius 2 is 1.64 bits per heavy atom. The van der Waals surface area contributed by atoms with Crippen LogP contribution in [0.3, 0.4) is 0 Å². The molecule has 0 spiro atoms. The molecule has 36 heavy (non-hydrogen) atoms. The van der Waals surface area contributed by atoms with Crippen molar-refractivity contribution in [1.29, 1.82) is 0 Å². The summed E-state index contributed by atoms with van der Waals surface area (Å²) in [5.41, 5.74) is 4.17. The molecule has 0 aromatic heterocycles. The number of rotatable bonds is 6. The average Bonchev–Trinajstić information content (AvgIpc) is 3.09. The highest BCUT2D eigenvalue weighted by atomic mass is 19.1. The van der Waals surface area contributed by atoms with Gasteiger partial charge in [0.25, 0.3) is 11.7 Å². The van der Waals surface area contributed by atoms with Crippen molar-refractivity contribution in [2.45, 2.75) is 46.6 Å². The fourth-order valence-electron chi connectivity index (χ4n) is 4.74. The third-order valence-corrected chi connectivity index (χ3v) is 6.32. The normalized spacial score (nSPS) is 17.2. The highest BCUT2D eigenvalue weighted by Crippen LogP contribution is 2.43. The zero-order valence-corrected chi connectivity index (χ0v) is 21.1. The number of ether oxygens (including phenoxy) is 1. The van der Waals surface area contributed by atoms with Crippen molar-refractivity contribution in [2.75, 3.05) is 11.5 Å². The maximum Gasteiger partial charge on any atom is 0.300 e. The van der Waals surface area contributed by atoms with Gasteiger partial charge in [-0.25, -0.2) is 4.39 Å². The summed E-state index contributed by atoms with van der Waals surface area (Å²) in [7, 11) is 0. The monoisotopic (exact) mass is 487 g/mol. The Kier molecular flexibility index (Phi) is 6.97. The Morgan fingerprint density at radius 3 is 2.22 bits per heavy atom. The van der Waals surface area contributed by atoms with Gasteiger partial charge >= 0.3 is 0 Å². The zero-order valence-electron chi connectivity index (χ0n) is 21.1. The van der Waals surface area contributed by atoms with E-state index in [1.807, 2.05) is 52.8 Å². The van der Waals surface area contributed by atoms with Crippen LogP contribution >= 0.6 is 0 Å². The van der Waals surface area contributed by atoms with E-state index in [0.717, 1.165) is 16.7 Å². The van der Waals surface area contributed by atoms with Crippen molar-refractivity contribution in [2.24, 2.45) is 0 Å². The molecule has 1 unspecified atom stereocenters. The summed E-state index contributed by atoms with van der Waals surface area (Å²) in [6, 6.07) is 15.6. The van der Waals surface area contributed by atoms with Gasteiger partial charge in [0.2, 0.25) is 0 Å². The molecule has 186 valence electrons. The topological polar surface area (TPSA) is 66.8 Å². The van der Waals surface area contributed by atoms with Crippen LogP contribution in [-0.2, 0) is 9.59 Å². The number of Topliss-reactive ketones (excluding diaryl/α,β-unsaturated/α-hetero) is 1. The maximum absolute atomic E-state index is 13.8. The van der Waals surface area contributed by atoms with Crippen molar-refractivity contribution in [1.82, 2.24) is 0 Å². The second-order valence-electron chi connectivity index (χ2n) is 9.41. The lowest BCUT2D eigenvalue weighted by molar-refractivity contribution is -0.132. The SMILES string of the molecule is CCOc1ccc(/C(O)=C2/C(=O)C(=O)N(c3cc(C)cc(C)c3)C2c2ccc(F)cc2)cc1C(C)C. The van der Waals surface area contributed by atoms with E-state index in [0.29, 0.717) is 29.2 Å². The molecule has 0 bridgehead atoms. The summed E-state index contributed by atoms with van der Waals surface area (Å²) in [5.74, 6) is -1.44. The number of ketones is 1. The van der Waals surface area contributed by atoms with Crippen molar-refractivity contribution in [3.05, 3.63) is 99.9 Å². The summed E-state index contributed by atoms with van der Waals surface area (Å²) in [4.78, 5) is 28.2. The van der Waals surface area contributed by atoms with Crippen LogP contribution in [0.2, 0.25) is 0 Å². The maximum atomic E-state index is 13.8. The van der Waals surface area contributed by atoms with Gasteiger partial charge < -0.3 is 9.84 Å². The fourth-order valence-corrected chi connectivity index (χ4v) is 4.74. The zero-order chi connectivity index (χ0) is 26.1. The standard InChI is InChI=1S/C30H30FNO4/c1-6-36-25-12-9-21(16-24(25)17(2)3)28(33)26-27(20-7-10-22(31)11-8-20)32(30(35)29(26)34)23-14-18(4)13-19(5)15-23/h7-17,27,33H,6H2,1-5H3/b28-26-. The van der Waals surface area contributed by atoms with Gasteiger partial charge in [0.1, 0.15) is 17.3 Å². The number of aryl methyl sites for hydroxylation is 2. The smallest absolute Gasteiger partial charge is 0.300 e.